The Balaban J connectivity index is 1.32. The SMILES string of the molecule is COc1ccc(C(OCCc2cc(Cl)c(N=Nc3c(Cl)cc(CCOP(OCCC#N)N(C(C)C)C(C)C)cc3Cl)c(Cl)c2)(c2ccccc2)c2ccc(OC)cc2)cc1. The number of rotatable bonds is 21. The molecule has 0 aliphatic carbocycles. The van der Waals surface area contributed by atoms with E-state index >= 15 is 0 Å². The van der Waals surface area contributed by atoms with Gasteiger partial charge in [0.2, 0.25) is 0 Å². The molecule has 0 saturated carbocycles. The summed E-state index contributed by atoms with van der Waals surface area (Å²) in [5.41, 5.74) is 4.12. The quantitative estimate of drug-likeness (QED) is 0.0313. The van der Waals surface area contributed by atoms with E-state index in [0.29, 0.717) is 52.8 Å². The number of halogens is 4. The topological polar surface area (TPSA) is 97.9 Å². The molecule has 1 unspecified atom stereocenters. The Morgan fingerprint density at radius 1 is 0.617 bits per heavy atom. The highest BCUT2D eigenvalue weighted by atomic mass is 35.5. The lowest BCUT2D eigenvalue weighted by atomic mass is 9.80. The summed E-state index contributed by atoms with van der Waals surface area (Å²) in [4.78, 5) is 0. The van der Waals surface area contributed by atoms with Crippen molar-refractivity contribution in [2.45, 2.75) is 64.6 Å². The minimum absolute atomic E-state index is 0.195. The average molecular weight is 911 g/mol. The molecular weight excluding hydrogens is 861 g/mol. The van der Waals surface area contributed by atoms with Gasteiger partial charge in [0.25, 0.3) is 8.53 Å². The van der Waals surface area contributed by atoms with Crippen LogP contribution in [0.3, 0.4) is 0 Å². The van der Waals surface area contributed by atoms with Crippen molar-refractivity contribution in [2.24, 2.45) is 10.2 Å². The van der Waals surface area contributed by atoms with Gasteiger partial charge in [0.15, 0.2) is 0 Å². The Labute approximate surface area is 375 Å². The van der Waals surface area contributed by atoms with E-state index in [1.54, 1.807) is 38.5 Å². The molecule has 0 heterocycles. The van der Waals surface area contributed by atoms with Crippen molar-refractivity contribution < 1.29 is 23.3 Å². The smallest absolute Gasteiger partial charge is 0.259 e. The first-order valence-electron chi connectivity index (χ1n) is 19.5. The molecule has 0 fully saturated rings. The second-order valence-electron chi connectivity index (χ2n) is 14.2. The maximum atomic E-state index is 9.00. The highest BCUT2D eigenvalue weighted by Gasteiger charge is 2.38. The monoisotopic (exact) mass is 908 g/mol. The highest BCUT2D eigenvalue weighted by Crippen LogP contribution is 2.47. The van der Waals surface area contributed by atoms with E-state index in [1.165, 1.54) is 0 Å². The van der Waals surface area contributed by atoms with Gasteiger partial charge in [0.1, 0.15) is 28.5 Å². The van der Waals surface area contributed by atoms with Gasteiger partial charge in [-0.1, -0.05) is 101 Å². The zero-order valence-corrected chi connectivity index (χ0v) is 38.4. The average Bonchev–Trinajstić information content (AvgIpc) is 3.23. The Bertz CT molecular complexity index is 2120. The van der Waals surface area contributed by atoms with Gasteiger partial charge in [-0.3, -0.25) is 0 Å². The summed E-state index contributed by atoms with van der Waals surface area (Å²) < 4.78 is 32.4. The van der Waals surface area contributed by atoms with Crippen molar-refractivity contribution in [3.8, 4) is 17.6 Å². The van der Waals surface area contributed by atoms with E-state index in [2.05, 4.69) is 60.8 Å². The van der Waals surface area contributed by atoms with Gasteiger partial charge in [0, 0.05) is 12.1 Å². The van der Waals surface area contributed by atoms with Crippen molar-refractivity contribution in [1.82, 2.24) is 4.67 Å². The van der Waals surface area contributed by atoms with Crippen LogP contribution in [0.15, 0.2) is 113 Å². The predicted octanol–water partition coefficient (Wildman–Crippen LogP) is 14.1. The Morgan fingerprint density at radius 3 is 1.45 bits per heavy atom. The first-order chi connectivity index (χ1) is 28.9. The zero-order chi connectivity index (χ0) is 43.2. The fourth-order valence-corrected chi connectivity index (χ4v) is 9.57. The number of hydrogen-bond donors (Lipinski definition) is 0. The van der Waals surface area contributed by atoms with Crippen LogP contribution in [0.1, 0.15) is 61.9 Å². The van der Waals surface area contributed by atoms with Crippen LogP contribution < -0.4 is 9.47 Å². The van der Waals surface area contributed by atoms with Gasteiger partial charge in [0.05, 0.1) is 66.6 Å². The molecule has 0 amide bonds. The van der Waals surface area contributed by atoms with Crippen LogP contribution in [0.4, 0.5) is 11.4 Å². The number of nitrogens with zero attached hydrogens (tertiary/aromatic N) is 4. The molecule has 0 aromatic heterocycles. The Hall–Kier alpha value is -3.78. The molecule has 0 bridgehead atoms. The number of benzene rings is 5. The molecule has 0 radical (unpaired) electrons. The third-order valence-corrected chi connectivity index (χ3v) is 12.8. The predicted molar refractivity (Wildman–Crippen MR) is 244 cm³/mol. The third kappa shape index (κ3) is 12.0. The van der Waals surface area contributed by atoms with E-state index in [0.717, 1.165) is 39.3 Å². The fourth-order valence-electron chi connectivity index (χ4n) is 6.77. The molecular formula is C46H49Cl4N4O5P. The van der Waals surface area contributed by atoms with Gasteiger partial charge >= 0.3 is 0 Å². The lowest BCUT2D eigenvalue weighted by molar-refractivity contribution is 0.0147. The summed E-state index contributed by atoms with van der Waals surface area (Å²) in [6.45, 7) is 9.34. The second kappa shape index (κ2) is 22.9. The molecule has 0 aliphatic rings. The van der Waals surface area contributed by atoms with E-state index < -0.39 is 14.1 Å². The highest BCUT2D eigenvalue weighted by molar-refractivity contribution is 7.44. The van der Waals surface area contributed by atoms with Crippen LogP contribution in [0.2, 0.25) is 20.1 Å². The van der Waals surface area contributed by atoms with E-state index in [9.17, 15) is 0 Å². The first-order valence-corrected chi connectivity index (χ1v) is 22.1. The van der Waals surface area contributed by atoms with Crippen molar-refractivity contribution in [3.05, 3.63) is 151 Å². The molecule has 5 aromatic rings. The Morgan fingerprint density at radius 2 is 1.03 bits per heavy atom. The number of nitriles is 1. The van der Waals surface area contributed by atoms with Gasteiger partial charge in [-0.05, 0) is 117 Å². The maximum Gasteiger partial charge on any atom is 0.259 e. The number of methoxy groups -OCH3 is 2. The molecule has 5 rings (SSSR count). The molecule has 0 N–H and O–H groups in total. The van der Waals surface area contributed by atoms with Crippen molar-refractivity contribution in [1.29, 1.82) is 5.26 Å². The number of azo groups is 1. The van der Waals surface area contributed by atoms with Crippen LogP contribution in [0.25, 0.3) is 0 Å². The third-order valence-electron chi connectivity index (χ3n) is 9.54. The molecule has 316 valence electrons. The lowest BCUT2D eigenvalue weighted by Crippen LogP contribution is -2.33. The number of hydrogen-bond acceptors (Lipinski definition) is 9. The van der Waals surface area contributed by atoms with E-state index in [4.69, 9.17) is 74.9 Å². The molecule has 1 atom stereocenters. The number of ether oxygens (including phenoxy) is 3. The minimum atomic E-state index is -1.37. The zero-order valence-electron chi connectivity index (χ0n) is 34.5. The van der Waals surface area contributed by atoms with Crippen molar-refractivity contribution in [2.75, 3.05) is 34.0 Å². The largest absolute Gasteiger partial charge is 0.497 e. The van der Waals surface area contributed by atoms with Crippen LogP contribution in [-0.2, 0) is 32.2 Å². The molecule has 5 aromatic carbocycles. The first kappa shape index (κ1) is 47.3. The molecule has 60 heavy (non-hydrogen) atoms. The molecule has 9 nitrogen and oxygen atoms in total. The van der Waals surface area contributed by atoms with Gasteiger partial charge < -0.3 is 23.3 Å². The van der Waals surface area contributed by atoms with E-state index in [1.807, 2.05) is 66.7 Å². The molecule has 0 spiro atoms. The van der Waals surface area contributed by atoms with Crippen LogP contribution >= 0.6 is 54.9 Å². The standard InChI is InChI=1S/C46H49Cl4N4O5P/c1-31(2)54(32(3)4)60(58-24-10-23-51)59-26-22-34-29-42(49)45(43(50)30-34)53-52-44-40(47)27-33(28-41(44)48)21-25-57-46(35-11-8-7-9-12-35,36-13-17-38(55-5)18-14-36)37-15-19-39(56-6)20-16-37/h7-9,11-20,27-32H,10,21-22,24-26H2,1-6H3. The summed E-state index contributed by atoms with van der Waals surface area (Å²) >= 11 is 27.0. The summed E-state index contributed by atoms with van der Waals surface area (Å²) in [6, 6.07) is 35.6. The van der Waals surface area contributed by atoms with Crippen LogP contribution in [-0.4, -0.2) is 50.8 Å². The van der Waals surface area contributed by atoms with Gasteiger partial charge in [-0.2, -0.15) is 5.26 Å². The van der Waals surface area contributed by atoms with Crippen LogP contribution in [0, 0.1) is 11.3 Å². The molecule has 0 saturated heterocycles. The van der Waals surface area contributed by atoms with Crippen molar-refractivity contribution >= 4 is 66.3 Å². The Kier molecular flexibility index (Phi) is 18.0. The summed E-state index contributed by atoms with van der Waals surface area (Å²) in [6.07, 6.45) is 1.30. The van der Waals surface area contributed by atoms with Gasteiger partial charge in [-0.15, -0.1) is 10.2 Å². The summed E-state index contributed by atoms with van der Waals surface area (Å²) in [5, 5.41) is 19.0. The van der Waals surface area contributed by atoms with Gasteiger partial charge in [-0.25, -0.2) is 4.67 Å². The molecule has 14 heteroatoms. The second-order valence-corrected chi connectivity index (χ2v) is 17.3. The van der Waals surface area contributed by atoms with Crippen molar-refractivity contribution in [3.63, 3.8) is 0 Å². The van der Waals surface area contributed by atoms with E-state index in [-0.39, 0.29) is 29.9 Å². The maximum absolute atomic E-state index is 9.00. The fraction of sp³-hybridized carbons (Fsp3) is 0.326. The normalized spacial score (nSPS) is 12.4. The molecule has 0 aliphatic heterocycles. The summed E-state index contributed by atoms with van der Waals surface area (Å²) in [7, 11) is 1.92. The van der Waals surface area contributed by atoms with Crippen LogP contribution in [0.5, 0.6) is 11.5 Å². The lowest BCUT2D eigenvalue weighted by Gasteiger charge is -2.36. The minimum Gasteiger partial charge on any atom is -0.497 e. The summed E-state index contributed by atoms with van der Waals surface area (Å²) in [5.74, 6) is 1.48.